The molecule has 2 amide bonds. The number of aromatic nitrogens is 3. The van der Waals surface area contributed by atoms with Gasteiger partial charge >= 0.3 is 0 Å². The van der Waals surface area contributed by atoms with E-state index < -0.39 is 5.82 Å². The Morgan fingerprint density at radius 2 is 1.81 bits per heavy atom. The smallest absolute Gasteiger partial charge is 0.255 e. The zero-order valence-corrected chi connectivity index (χ0v) is 21.1. The molecule has 9 nitrogen and oxygen atoms in total. The van der Waals surface area contributed by atoms with Crippen LogP contribution in [-0.2, 0) is 9.53 Å². The number of hydrogen-bond donors (Lipinski definition) is 3. The van der Waals surface area contributed by atoms with E-state index in [2.05, 4.69) is 25.6 Å². The Bertz CT molecular complexity index is 1300. The highest BCUT2D eigenvalue weighted by molar-refractivity contribution is 6.09. The van der Waals surface area contributed by atoms with Gasteiger partial charge in [0.05, 0.1) is 17.7 Å². The highest BCUT2D eigenvalue weighted by Crippen LogP contribution is 2.37. The lowest BCUT2D eigenvalue weighted by molar-refractivity contribution is -0.125. The molecule has 37 heavy (non-hydrogen) atoms. The van der Waals surface area contributed by atoms with Gasteiger partial charge in [-0.1, -0.05) is 0 Å². The van der Waals surface area contributed by atoms with Gasteiger partial charge < -0.3 is 25.1 Å². The zero-order valence-electron chi connectivity index (χ0n) is 21.1. The van der Waals surface area contributed by atoms with Gasteiger partial charge in [-0.3, -0.25) is 9.59 Å². The SMILES string of the molecule is COCC(=O)N[C@H]1CC[C@H](NC(=O)c2c(C)[nH]c3c(-c4cc(F)ccc4OCC4CC4)ncnc23)CC1. The van der Waals surface area contributed by atoms with E-state index >= 15 is 0 Å². The van der Waals surface area contributed by atoms with Crippen molar-refractivity contribution < 1.29 is 23.5 Å². The maximum Gasteiger partial charge on any atom is 0.255 e. The van der Waals surface area contributed by atoms with E-state index in [-0.39, 0.29) is 30.5 Å². The second-order valence-electron chi connectivity index (χ2n) is 9.99. The molecule has 196 valence electrons. The van der Waals surface area contributed by atoms with Crippen LogP contribution in [0.4, 0.5) is 4.39 Å². The number of halogens is 1. The number of aryl methyl sites for hydroxylation is 1. The van der Waals surface area contributed by atoms with Crippen LogP contribution in [0.5, 0.6) is 5.75 Å². The van der Waals surface area contributed by atoms with Crippen LogP contribution in [0, 0.1) is 18.7 Å². The van der Waals surface area contributed by atoms with E-state index in [0.29, 0.717) is 51.8 Å². The fourth-order valence-corrected chi connectivity index (χ4v) is 4.95. The number of aromatic amines is 1. The van der Waals surface area contributed by atoms with Crippen LogP contribution in [0.1, 0.15) is 54.6 Å². The lowest BCUT2D eigenvalue weighted by atomic mass is 9.91. The summed E-state index contributed by atoms with van der Waals surface area (Å²) in [6.07, 6.45) is 6.77. The van der Waals surface area contributed by atoms with Crippen molar-refractivity contribution in [1.82, 2.24) is 25.6 Å². The normalized spacial score (nSPS) is 19.5. The second kappa shape index (κ2) is 10.8. The van der Waals surface area contributed by atoms with Crippen LogP contribution >= 0.6 is 0 Å². The average Bonchev–Trinajstić information content (AvgIpc) is 3.64. The molecule has 0 radical (unpaired) electrons. The van der Waals surface area contributed by atoms with Gasteiger partial charge in [-0.25, -0.2) is 14.4 Å². The van der Waals surface area contributed by atoms with Gasteiger partial charge in [-0.05, 0) is 69.6 Å². The summed E-state index contributed by atoms with van der Waals surface area (Å²) in [5.41, 5.74) is 3.17. The molecule has 3 N–H and O–H groups in total. The lowest BCUT2D eigenvalue weighted by Gasteiger charge is -2.29. The standard InChI is InChI=1S/C27H32FN5O4/c1-15-23(27(35)33-19-8-6-18(7-9-19)32-22(34)13-36-2)25-26(31-15)24(29-14-30-25)20-11-17(28)5-10-21(20)37-12-16-3-4-16/h5,10-11,14,16,18-19,31H,3-4,6-9,12-13H2,1-2H3,(H,32,34)(H,33,35)/t18-,19-. The summed E-state index contributed by atoms with van der Waals surface area (Å²) in [5, 5.41) is 6.10. The number of H-pyrrole nitrogens is 1. The molecule has 5 rings (SSSR count). The van der Waals surface area contributed by atoms with Crippen LogP contribution in [0.15, 0.2) is 24.5 Å². The monoisotopic (exact) mass is 509 g/mol. The first-order chi connectivity index (χ1) is 17.9. The summed E-state index contributed by atoms with van der Waals surface area (Å²) in [4.78, 5) is 37.2. The van der Waals surface area contributed by atoms with E-state index in [9.17, 15) is 14.0 Å². The third-order valence-electron chi connectivity index (χ3n) is 7.07. The Kier molecular flexibility index (Phi) is 7.36. The van der Waals surface area contributed by atoms with E-state index in [0.717, 1.165) is 38.5 Å². The Hall–Kier alpha value is -3.53. The number of benzene rings is 1. The largest absolute Gasteiger partial charge is 0.493 e. The topological polar surface area (TPSA) is 118 Å². The number of hydrogen-bond acceptors (Lipinski definition) is 6. The Morgan fingerprint density at radius 3 is 2.51 bits per heavy atom. The summed E-state index contributed by atoms with van der Waals surface area (Å²) < 4.78 is 25.1. The first kappa shape index (κ1) is 25.1. The number of amides is 2. The van der Waals surface area contributed by atoms with Crippen molar-refractivity contribution in [2.24, 2.45) is 5.92 Å². The molecule has 2 aliphatic carbocycles. The molecule has 0 atom stereocenters. The minimum Gasteiger partial charge on any atom is -0.493 e. The maximum absolute atomic E-state index is 14.3. The van der Waals surface area contributed by atoms with Gasteiger partial charge in [-0.15, -0.1) is 0 Å². The molecule has 2 aromatic heterocycles. The van der Waals surface area contributed by atoms with Crippen LogP contribution in [0.3, 0.4) is 0 Å². The minimum atomic E-state index is -0.393. The molecule has 10 heteroatoms. The summed E-state index contributed by atoms with van der Waals surface area (Å²) in [6, 6.07) is 4.49. The first-order valence-corrected chi connectivity index (χ1v) is 12.8. The number of nitrogens with one attached hydrogen (secondary N) is 3. The van der Waals surface area contributed by atoms with Crippen molar-refractivity contribution in [3.05, 3.63) is 41.6 Å². The van der Waals surface area contributed by atoms with Gasteiger partial charge in [0.2, 0.25) is 5.91 Å². The van der Waals surface area contributed by atoms with Crippen LogP contribution < -0.4 is 15.4 Å². The molecule has 2 saturated carbocycles. The summed E-state index contributed by atoms with van der Waals surface area (Å²) in [6.45, 7) is 2.45. The molecule has 3 aromatic rings. The number of ether oxygens (including phenoxy) is 2. The third kappa shape index (κ3) is 5.74. The summed E-state index contributed by atoms with van der Waals surface area (Å²) >= 11 is 0. The number of fused-ring (bicyclic) bond motifs is 1. The van der Waals surface area contributed by atoms with E-state index in [1.54, 1.807) is 6.07 Å². The number of methoxy groups -OCH3 is 1. The van der Waals surface area contributed by atoms with Crippen molar-refractivity contribution in [1.29, 1.82) is 0 Å². The van der Waals surface area contributed by atoms with E-state index in [1.165, 1.54) is 25.6 Å². The van der Waals surface area contributed by atoms with Gasteiger partial charge in [0.1, 0.15) is 35.7 Å². The van der Waals surface area contributed by atoms with Crippen molar-refractivity contribution in [3.63, 3.8) is 0 Å². The van der Waals surface area contributed by atoms with Gasteiger partial charge in [-0.2, -0.15) is 0 Å². The van der Waals surface area contributed by atoms with E-state index in [1.807, 2.05) is 6.92 Å². The zero-order chi connectivity index (χ0) is 25.9. The van der Waals surface area contributed by atoms with Crippen molar-refractivity contribution in [2.45, 2.75) is 57.5 Å². The molecule has 0 saturated heterocycles. The highest BCUT2D eigenvalue weighted by atomic mass is 19.1. The summed E-state index contributed by atoms with van der Waals surface area (Å²) in [5.74, 6) is 0.365. The molecule has 0 spiro atoms. The minimum absolute atomic E-state index is 0.000573. The molecule has 1 aromatic carbocycles. The molecular formula is C27H32FN5O4. The number of carbonyl (C=O) groups is 2. The Morgan fingerprint density at radius 1 is 1.08 bits per heavy atom. The molecule has 0 bridgehead atoms. The second-order valence-corrected chi connectivity index (χ2v) is 9.99. The fourth-order valence-electron chi connectivity index (χ4n) is 4.95. The Balaban J connectivity index is 1.34. The molecule has 2 heterocycles. The van der Waals surface area contributed by atoms with Gasteiger partial charge in [0.15, 0.2) is 0 Å². The predicted octanol–water partition coefficient (Wildman–Crippen LogP) is 3.66. The quantitative estimate of drug-likeness (QED) is 0.405. The Labute approximate surface area is 214 Å². The van der Waals surface area contributed by atoms with Crippen molar-refractivity contribution >= 4 is 22.8 Å². The fraction of sp³-hybridized carbons (Fsp3) is 0.481. The van der Waals surface area contributed by atoms with Crippen molar-refractivity contribution in [3.8, 4) is 17.0 Å². The van der Waals surface area contributed by atoms with E-state index in [4.69, 9.17) is 9.47 Å². The lowest BCUT2D eigenvalue weighted by Crippen LogP contribution is -2.44. The van der Waals surface area contributed by atoms with Crippen LogP contribution in [0.2, 0.25) is 0 Å². The van der Waals surface area contributed by atoms with Crippen molar-refractivity contribution in [2.75, 3.05) is 20.3 Å². The number of nitrogens with zero attached hydrogens (tertiary/aromatic N) is 2. The highest BCUT2D eigenvalue weighted by Gasteiger charge is 2.27. The van der Waals surface area contributed by atoms with Gasteiger partial charge in [0.25, 0.3) is 5.91 Å². The molecule has 0 aliphatic heterocycles. The number of carbonyl (C=O) groups excluding carboxylic acids is 2. The molecular weight excluding hydrogens is 477 g/mol. The first-order valence-electron chi connectivity index (χ1n) is 12.8. The molecule has 2 aliphatic rings. The molecule has 2 fully saturated rings. The van der Waals surface area contributed by atoms with Crippen LogP contribution in [-0.4, -0.2) is 59.2 Å². The molecule has 0 unspecified atom stereocenters. The third-order valence-corrected chi connectivity index (χ3v) is 7.07. The predicted molar refractivity (Wildman–Crippen MR) is 136 cm³/mol. The van der Waals surface area contributed by atoms with Gasteiger partial charge in [0, 0.05) is 30.5 Å². The number of rotatable bonds is 9. The maximum atomic E-state index is 14.3. The average molecular weight is 510 g/mol. The summed E-state index contributed by atoms with van der Waals surface area (Å²) in [7, 11) is 1.49. The van der Waals surface area contributed by atoms with Crippen LogP contribution in [0.25, 0.3) is 22.3 Å².